The van der Waals surface area contributed by atoms with E-state index < -0.39 is 54.0 Å². The predicted octanol–water partition coefficient (Wildman–Crippen LogP) is -9.82. The SMILES string of the molecule is O=C(O)/C=C(\OC(CC(=O)O)(CC(=O)O)C(=O)O)C(=O)O.[H-].[H-].[H-].[Na+].[Na+].[Na+]. The smallest absolute Gasteiger partial charge is 1.00 e. The number of aliphatic carboxylic acids is 5. The van der Waals surface area contributed by atoms with Gasteiger partial charge in [0.2, 0.25) is 11.4 Å². The summed E-state index contributed by atoms with van der Waals surface area (Å²) in [6.45, 7) is 0. The fourth-order valence-corrected chi connectivity index (χ4v) is 1.28. The third kappa shape index (κ3) is 11.4. The summed E-state index contributed by atoms with van der Waals surface area (Å²) in [7, 11) is 0. The maximum Gasteiger partial charge on any atom is 1.00 e. The van der Waals surface area contributed by atoms with Gasteiger partial charge in [-0.25, -0.2) is 14.4 Å². The van der Waals surface area contributed by atoms with Crippen LogP contribution in [0.15, 0.2) is 11.8 Å². The molecular formula is C10H13Na3O11. The maximum absolute atomic E-state index is 11.1. The van der Waals surface area contributed by atoms with Gasteiger partial charge in [0.25, 0.3) is 0 Å². The van der Waals surface area contributed by atoms with Crippen molar-refractivity contribution in [2.75, 3.05) is 0 Å². The monoisotopic (exact) mass is 378 g/mol. The van der Waals surface area contributed by atoms with Crippen LogP contribution in [-0.2, 0) is 28.7 Å². The molecule has 0 aliphatic carbocycles. The molecule has 0 aliphatic rings. The molecule has 11 nitrogen and oxygen atoms in total. The van der Waals surface area contributed by atoms with Crippen LogP contribution in [0.2, 0.25) is 0 Å². The van der Waals surface area contributed by atoms with Crippen molar-refractivity contribution >= 4 is 29.8 Å². The van der Waals surface area contributed by atoms with Crippen molar-refractivity contribution in [3.05, 3.63) is 11.8 Å². The zero-order valence-electron chi connectivity index (χ0n) is 16.2. The standard InChI is InChI=1S/C10H10O11.3Na.3H/c11-5(12)1-4(8(17)18)21-10(9(19)20,2-6(13)14)3-7(15)16;;;;;;/h1H,2-3H2,(H,11,12)(H,13,14)(H,15,16)(H,17,18)(H,19,20);;;;;;/q;3*+1;3*-1/b4-1-;;;;;;. The molecule has 0 rings (SSSR count). The van der Waals surface area contributed by atoms with E-state index in [2.05, 4.69) is 4.74 Å². The first-order chi connectivity index (χ1) is 9.50. The molecule has 0 saturated heterocycles. The van der Waals surface area contributed by atoms with Crippen LogP contribution in [-0.4, -0.2) is 61.0 Å². The van der Waals surface area contributed by atoms with E-state index in [-0.39, 0.29) is 99.0 Å². The van der Waals surface area contributed by atoms with Gasteiger partial charge in [0, 0.05) is 0 Å². The molecule has 0 aromatic rings. The summed E-state index contributed by atoms with van der Waals surface area (Å²) in [6, 6.07) is 0. The van der Waals surface area contributed by atoms with Crippen LogP contribution in [0.25, 0.3) is 0 Å². The molecule has 0 aliphatic heterocycles. The van der Waals surface area contributed by atoms with Gasteiger partial charge in [-0.3, -0.25) is 9.59 Å². The van der Waals surface area contributed by atoms with E-state index in [9.17, 15) is 24.0 Å². The number of rotatable bonds is 9. The topological polar surface area (TPSA) is 196 Å². The number of hydrogen-bond donors (Lipinski definition) is 5. The molecule has 0 aromatic carbocycles. The molecule has 0 amide bonds. The number of ether oxygens (including phenoxy) is 1. The first-order valence-electron chi connectivity index (χ1n) is 5.04. The maximum atomic E-state index is 11.1. The van der Waals surface area contributed by atoms with Gasteiger partial charge in [-0.1, -0.05) is 0 Å². The minimum atomic E-state index is -2.96. The largest absolute Gasteiger partial charge is 1.00 e. The molecule has 0 radical (unpaired) electrons. The van der Waals surface area contributed by atoms with Crippen molar-refractivity contribution < 1.29 is 147 Å². The Morgan fingerprint density at radius 2 is 1.21 bits per heavy atom. The molecule has 14 heteroatoms. The summed E-state index contributed by atoms with van der Waals surface area (Å²) in [4.78, 5) is 53.6. The average Bonchev–Trinajstić information content (AvgIpc) is 2.24. The molecule has 0 fully saturated rings. The summed E-state index contributed by atoms with van der Waals surface area (Å²) in [6.07, 6.45) is -2.80. The molecule has 24 heavy (non-hydrogen) atoms. The minimum absolute atomic E-state index is 0. The molecule has 0 heterocycles. The van der Waals surface area contributed by atoms with Crippen LogP contribution in [0.4, 0.5) is 0 Å². The third-order valence-electron chi connectivity index (χ3n) is 2.03. The molecule has 0 atom stereocenters. The van der Waals surface area contributed by atoms with Crippen molar-refractivity contribution in [2.24, 2.45) is 0 Å². The zero-order chi connectivity index (χ0) is 16.8. The van der Waals surface area contributed by atoms with Crippen molar-refractivity contribution in [3.8, 4) is 0 Å². The Kier molecular flexibility index (Phi) is 18.6. The number of carboxylic acid groups (broad SMARTS) is 5. The molecule has 0 unspecified atom stereocenters. The summed E-state index contributed by atoms with van der Waals surface area (Å²) >= 11 is 0. The van der Waals surface area contributed by atoms with Crippen molar-refractivity contribution in [1.29, 1.82) is 0 Å². The third-order valence-corrected chi connectivity index (χ3v) is 2.03. The molecule has 0 bridgehead atoms. The summed E-state index contributed by atoms with van der Waals surface area (Å²) in [5.41, 5.74) is -2.96. The predicted molar refractivity (Wildman–Crippen MR) is 62.6 cm³/mol. The first kappa shape index (κ1) is 31.6. The van der Waals surface area contributed by atoms with Crippen LogP contribution in [0.1, 0.15) is 17.1 Å². The molecule has 122 valence electrons. The molecule has 0 saturated carbocycles. The fourth-order valence-electron chi connectivity index (χ4n) is 1.28. The van der Waals surface area contributed by atoms with Gasteiger partial charge >= 0.3 is 119 Å². The van der Waals surface area contributed by atoms with Gasteiger partial charge in [0.15, 0.2) is 0 Å². The zero-order valence-corrected chi connectivity index (χ0v) is 19.2. The van der Waals surface area contributed by atoms with Gasteiger partial charge in [0.05, 0.1) is 18.9 Å². The van der Waals surface area contributed by atoms with Crippen LogP contribution >= 0.6 is 0 Å². The molecule has 0 aromatic heterocycles. The second-order valence-electron chi connectivity index (χ2n) is 3.69. The Morgan fingerprint density at radius 3 is 1.42 bits per heavy atom. The van der Waals surface area contributed by atoms with Crippen LogP contribution in [0, 0.1) is 0 Å². The normalized spacial score (nSPS) is 10.1. The number of carboxylic acids is 5. The Bertz CT molecular complexity index is 526. The Labute approximate surface area is 205 Å². The van der Waals surface area contributed by atoms with Gasteiger partial charge in [0.1, 0.15) is 0 Å². The fraction of sp³-hybridized carbons (Fsp3) is 0.300. The second-order valence-corrected chi connectivity index (χ2v) is 3.69. The second kappa shape index (κ2) is 14.1. The van der Waals surface area contributed by atoms with Gasteiger partial charge in [-0.15, -0.1) is 0 Å². The molecular weight excluding hydrogens is 365 g/mol. The average molecular weight is 378 g/mol. The van der Waals surface area contributed by atoms with E-state index in [1.807, 2.05) is 0 Å². The summed E-state index contributed by atoms with van der Waals surface area (Å²) < 4.78 is 4.41. The molecule has 5 N–H and O–H groups in total. The van der Waals surface area contributed by atoms with Gasteiger partial charge in [-0.2, -0.15) is 0 Å². The van der Waals surface area contributed by atoms with Crippen LogP contribution in [0.3, 0.4) is 0 Å². The number of carbonyl (C=O) groups is 5. The Balaban J connectivity index is -0.000000133. The van der Waals surface area contributed by atoms with E-state index in [0.29, 0.717) is 0 Å². The summed E-state index contributed by atoms with van der Waals surface area (Å²) in [5.74, 6) is -10.8. The summed E-state index contributed by atoms with van der Waals surface area (Å²) in [5, 5.41) is 43.3. The van der Waals surface area contributed by atoms with E-state index >= 15 is 0 Å². The van der Waals surface area contributed by atoms with E-state index in [1.54, 1.807) is 0 Å². The van der Waals surface area contributed by atoms with E-state index in [4.69, 9.17) is 25.5 Å². The van der Waals surface area contributed by atoms with Crippen LogP contribution < -0.4 is 88.7 Å². The minimum Gasteiger partial charge on any atom is -1.00 e. The number of hydrogen-bond acceptors (Lipinski definition) is 6. The van der Waals surface area contributed by atoms with Crippen LogP contribution in [0.5, 0.6) is 0 Å². The Morgan fingerprint density at radius 1 is 0.833 bits per heavy atom. The van der Waals surface area contributed by atoms with Crippen molar-refractivity contribution in [1.82, 2.24) is 0 Å². The van der Waals surface area contributed by atoms with Gasteiger partial charge in [-0.05, 0) is 0 Å². The van der Waals surface area contributed by atoms with Crippen molar-refractivity contribution in [2.45, 2.75) is 18.4 Å². The van der Waals surface area contributed by atoms with Crippen molar-refractivity contribution in [3.63, 3.8) is 0 Å². The molecule has 0 spiro atoms. The first-order valence-corrected chi connectivity index (χ1v) is 5.04. The quantitative estimate of drug-likeness (QED) is 0.145. The van der Waals surface area contributed by atoms with E-state index in [0.717, 1.165) is 0 Å². The van der Waals surface area contributed by atoms with Gasteiger partial charge < -0.3 is 34.5 Å². The Hall–Kier alpha value is -0.110. The van der Waals surface area contributed by atoms with E-state index in [1.165, 1.54) is 0 Å².